The summed E-state index contributed by atoms with van der Waals surface area (Å²) in [6.07, 6.45) is 1.29. The molecular formula is C16H14Cl3F. The zero-order valence-electron chi connectivity index (χ0n) is 11.2. The molecule has 0 radical (unpaired) electrons. The Bertz CT molecular complexity index is 604. The SMILES string of the molecule is Cc1cc(Cl)c(CCc2cc(F)c(C)c(Cl)c2)c(Cl)c1. The molecule has 0 aliphatic rings. The minimum absolute atomic E-state index is 0.284. The maximum Gasteiger partial charge on any atom is 0.127 e. The van der Waals surface area contributed by atoms with Crippen LogP contribution < -0.4 is 0 Å². The van der Waals surface area contributed by atoms with Gasteiger partial charge in [0.15, 0.2) is 0 Å². The van der Waals surface area contributed by atoms with Gasteiger partial charge in [-0.1, -0.05) is 34.8 Å². The van der Waals surface area contributed by atoms with Gasteiger partial charge in [-0.15, -0.1) is 0 Å². The summed E-state index contributed by atoms with van der Waals surface area (Å²) in [5.74, 6) is -0.284. The van der Waals surface area contributed by atoms with E-state index in [0.29, 0.717) is 33.5 Å². The quantitative estimate of drug-likeness (QED) is 0.629. The number of hydrogen-bond donors (Lipinski definition) is 0. The fourth-order valence-corrected chi connectivity index (χ4v) is 3.10. The third-order valence-corrected chi connectivity index (χ3v) is 4.36. The van der Waals surface area contributed by atoms with Crippen molar-refractivity contribution < 1.29 is 4.39 Å². The molecule has 0 N–H and O–H groups in total. The molecule has 106 valence electrons. The fraction of sp³-hybridized carbons (Fsp3) is 0.250. The van der Waals surface area contributed by atoms with Crippen molar-refractivity contribution in [3.05, 3.63) is 67.4 Å². The van der Waals surface area contributed by atoms with Crippen molar-refractivity contribution in [2.24, 2.45) is 0 Å². The predicted molar refractivity (Wildman–Crippen MR) is 84.8 cm³/mol. The molecular weight excluding hydrogens is 318 g/mol. The lowest BCUT2D eigenvalue weighted by Gasteiger charge is -2.10. The molecule has 0 unspecified atom stereocenters. The van der Waals surface area contributed by atoms with Crippen LogP contribution in [0, 0.1) is 19.7 Å². The van der Waals surface area contributed by atoms with E-state index in [2.05, 4.69) is 0 Å². The van der Waals surface area contributed by atoms with Crippen molar-refractivity contribution >= 4 is 34.8 Å². The average molecular weight is 332 g/mol. The Kier molecular flexibility index (Phi) is 4.95. The maximum atomic E-state index is 13.6. The molecule has 0 atom stereocenters. The van der Waals surface area contributed by atoms with E-state index < -0.39 is 0 Å². The monoisotopic (exact) mass is 330 g/mol. The normalized spacial score (nSPS) is 10.9. The molecule has 0 aliphatic heterocycles. The molecule has 0 nitrogen and oxygen atoms in total. The van der Waals surface area contributed by atoms with Crippen LogP contribution in [-0.4, -0.2) is 0 Å². The van der Waals surface area contributed by atoms with Crippen LogP contribution in [0.4, 0.5) is 4.39 Å². The van der Waals surface area contributed by atoms with E-state index >= 15 is 0 Å². The van der Waals surface area contributed by atoms with E-state index in [1.165, 1.54) is 6.07 Å². The van der Waals surface area contributed by atoms with Crippen molar-refractivity contribution in [2.75, 3.05) is 0 Å². The van der Waals surface area contributed by atoms with Gasteiger partial charge in [-0.05, 0) is 67.6 Å². The van der Waals surface area contributed by atoms with Crippen molar-refractivity contribution in [3.8, 4) is 0 Å². The number of rotatable bonds is 3. The summed E-state index contributed by atoms with van der Waals surface area (Å²) in [6.45, 7) is 3.60. The van der Waals surface area contributed by atoms with Crippen LogP contribution in [0.25, 0.3) is 0 Å². The Hall–Kier alpha value is -0.760. The van der Waals surface area contributed by atoms with Crippen LogP contribution in [0.3, 0.4) is 0 Å². The predicted octanol–water partition coefficient (Wildman–Crippen LogP) is 6.19. The van der Waals surface area contributed by atoms with Gasteiger partial charge < -0.3 is 0 Å². The van der Waals surface area contributed by atoms with E-state index in [-0.39, 0.29) is 5.82 Å². The van der Waals surface area contributed by atoms with Gasteiger partial charge in [0.05, 0.1) is 0 Å². The minimum Gasteiger partial charge on any atom is -0.207 e. The minimum atomic E-state index is -0.284. The third-order valence-electron chi connectivity index (χ3n) is 3.29. The first kappa shape index (κ1) is 15.6. The van der Waals surface area contributed by atoms with Crippen LogP contribution in [0.15, 0.2) is 24.3 Å². The lowest BCUT2D eigenvalue weighted by molar-refractivity contribution is 0.616. The molecule has 2 aromatic rings. The van der Waals surface area contributed by atoms with Crippen LogP contribution in [0.5, 0.6) is 0 Å². The molecule has 0 heterocycles. The first-order valence-electron chi connectivity index (χ1n) is 6.27. The zero-order chi connectivity index (χ0) is 14.9. The van der Waals surface area contributed by atoms with Gasteiger partial charge in [0, 0.05) is 20.6 Å². The second-order valence-electron chi connectivity index (χ2n) is 4.89. The Morgan fingerprint density at radius 2 is 1.45 bits per heavy atom. The summed E-state index contributed by atoms with van der Waals surface area (Å²) < 4.78 is 13.6. The molecule has 0 fully saturated rings. The summed E-state index contributed by atoms with van der Waals surface area (Å²) in [5, 5.41) is 1.74. The first-order chi connectivity index (χ1) is 9.38. The number of halogens is 4. The first-order valence-corrected chi connectivity index (χ1v) is 7.41. The van der Waals surface area contributed by atoms with Gasteiger partial charge in [-0.2, -0.15) is 0 Å². The molecule has 0 saturated carbocycles. The van der Waals surface area contributed by atoms with Crippen molar-refractivity contribution in [1.29, 1.82) is 0 Å². The fourth-order valence-electron chi connectivity index (χ4n) is 2.08. The lowest BCUT2D eigenvalue weighted by atomic mass is 10.0. The highest BCUT2D eigenvalue weighted by Crippen LogP contribution is 2.28. The van der Waals surface area contributed by atoms with E-state index in [1.54, 1.807) is 13.0 Å². The maximum absolute atomic E-state index is 13.6. The summed E-state index contributed by atoms with van der Waals surface area (Å²) in [5.41, 5.74) is 3.22. The molecule has 20 heavy (non-hydrogen) atoms. The molecule has 2 rings (SSSR count). The molecule has 2 aromatic carbocycles. The largest absolute Gasteiger partial charge is 0.207 e. The van der Waals surface area contributed by atoms with Crippen molar-refractivity contribution in [1.82, 2.24) is 0 Å². The van der Waals surface area contributed by atoms with E-state index in [4.69, 9.17) is 34.8 Å². The average Bonchev–Trinajstić information content (AvgIpc) is 2.34. The zero-order valence-corrected chi connectivity index (χ0v) is 13.5. The second-order valence-corrected chi connectivity index (χ2v) is 6.11. The van der Waals surface area contributed by atoms with Crippen LogP contribution >= 0.6 is 34.8 Å². The molecule has 0 aromatic heterocycles. The summed E-state index contributed by atoms with van der Waals surface area (Å²) in [6, 6.07) is 7.06. The highest BCUT2D eigenvalue weighted by Gasteiger charge is 2.09. The number of hydrogen-bond acceptors (Lipinski definition) is 0. The van der Waals surface area contributed by atoms with Gasteiger partial charge in [-0.3, -0.25) is 0 Å². The molecule has 0 amide bonds. The van der Waals surface area contributed by atoms with E-state index in [1.807, 2.05) is 19.1 Å². The van der Waals surface area contributed by atoms with Crippen LogP contribution in [0.2, 0.25) is 15.1 Å². The van der Waals surface area contributed by atoms with Crippen molar-refractivity contribution in [3.63, 3.8) is 0 Å². The lowest BCUT2D eigenvalue weighted by Crippen LogP contribution is -1.96. The van der Waals surface area contributed by atoms with Crippen LogP contribution in [0.1, 0.15) is 22.3 Å². The number of aryl methyl sites for hydroxylation is 2. The highest BCUT2D eigenvalue weighted by molar-refractivity contribution is 6.36. The standard InChI is InChI=1S/C16H14Cl3F/c1-9-5-14(18)12(15(19)6-9)4-3-11-7-13(17)10(2)16(20)8-11/h5-8H,3-4H2,1-2H3. The van der Waals surface area contributed by atoms with Gasteiger partial charge in [-0.25, -0.2) is 4.39 Å². The Morgan fingerprint density at radius 3 is 2.00 bits per heavy atom. The summed E-state index contributed by atoms with van der Waals surface area (Å²) >= 11 is 18.4. The van der Waals surface area contributed by atoms with Gasteiger partial charge in [0.1, 0.15) is 5.82 Å². The van der Waals surface area contributed by atoms with Crippen LogP contribution in [-0.2, 0) is 12.8 Å². The smallest absolute Gasteiger partial charge is 0.127 e. The Labute approximate surface area is 133 Å². The Balaban J connectivity index is 2.21. The van der Waals surface area contributed by atoms with E-state index in [0.717, 1.165) is 16.7 Å². The molecule has 4 heteroatoms. The molecule has 0 spiro atoms. The molecule has 0 aliphatic carbocycles. The van der Waals surface area contributed by atoms with Crippen molar-refractivity contribution in [2.45, 2.75) is 26.7 Å². The highest BCUT2D eigenvalue weighted by atomic mass is 35.5. The summed E-state index contributed by atoms with van der Waals surface area (Å²) in [4.78, 5) is 0. The molecule has 0 bridgehead atoms. The second kappa shape index (κ2) is 6.34. The third kappa shape index (κ3) is 3.46. The number of benzene rings is 2. The van der Waals surface area contributed by atoms with E-state index in [9.17, 15) is 4.39 Å². The van der Waals surface area contributed by atoms with Gasteiger partial charge in [0.25, 0.3) is 0 Å². The Morgan fingerprint density at radius 1 is 0.850 bits per heavy atom. The molecule has 0 saturated heterocycles. The topological polar surface area (TPSA) is 0 Å². The summed E-state index contributed by atoms with van der Waals surface area (Å²) in [7, 11) is 0. The van der Waals surface area contributed by atoms with Gasteiger partial charge >= 0.3 is 0 Å². The van der Waals surface area contributed by atoms with Gasteiger partial charge in [0.2, 0.25) is 0 Å².